The summed E-state index contributed by atoms with van der Waals surface area (Å²) >= 11 is 3.98. The van der Waals surface area contributed by atoms with Gasteiger partial charge in [0.25, 0.3) is 0 Å². The summed E-state index contributed by atoms with van der Waals surface area (Å²) < 4.78 is 13.0. The fourth-order valence-electron chi connectivity index (χ4n) is 1.73. The van der Waals surface area contributed by atoms with E-state index in [1.54, 1.807) is 12.1 Å². The van der Waals surface area contributed by atoms with Crippen molar-refractivity contribution in [1.29, 1.82) is 0 Å². The molecular weight excluding hydrogens is 215 g/mol. The zero-order valence-electron chi connectivity index (χ0n) is 8.13. The molecule has 1 aromatic carbocycles. The lowest BCUT2D eigenvalue weighted by molar-refractivity contribution is 0.626. The Kier molecular flexibility index (Phi) is 3.07. The molecular formula is C11H13FS2. The van der Waals surface area contributed by atoms with Crippen LogP contribution in [0.3, 0.4) is 0 Å². The molecule has 14 heavy (non-hydrogen) atoms. The molecule has 76 valence electrons. The lowest BCUT2D eigenvalue weighted by Gasteiger charge is -2.26. The summed E-state index contributed by atoms with van der Waals surface area (Å²) in [6.07, 6.45) is 1.11. The highest BCUT2D eigenvalue weighted by molar-refractivity contribution is 8.20. The number of thioether (sulfide) groups is 2. The highest BCUT2D eigenvalue weighted by atomic mass is 32.2. The normalized spacial score (nSPS) is 19.9. The number of benzene rings is 1. The Morgan fingerprint density at radius 2 is 1.79 bits per heavy atom. The minimum atomic E-state index is -0.145. The second kappa shape index (κ2) is 4.15. The standard InChI is InChI=1S/C11H13FS2/c1-2-11(13-7-8-14-11)9-3-5-10(12)6-4-9/h3-6H,2,7-8H2,1H3. The summed E-state index contributed by atoms with van der Waals surface area (Å²) in [6.45, 7) is 2.20. The van der Waals surface area contributed by atoms with Gasteiger partial charge in [0.05, 0.1) is 4.08 Å². The first-order chi connectivity index (χ1) is 6.77. The Morgan fingerprint density at radius 1 is 1.21 bits per heavy atom. The Balaban J connectivity index is 2.31. The summed E-state index contributed by atoms with van der Waals surface area (Å²) in [5.41, 5.74) is 1.26. The monoisotopic (exact) mass is 228 g/mol. The minimum absolute atomic E-state index is 0.145. The van der Waals surface area contributed by atoms with Crippen LogP contribution in [0, 0.1) is 5.82 Å². The lowest BCUT2D eigenvalue weighted by atomic mass is 10.1. The highest BCUT2D eigenvalue weighted by Crippen LogP contribution is 2.53. The first kappa shape index (κ1) is 10.4. The van der Waals surface area contributed by atoms with E-state index in [2.05, 4.69) is 6.92 Å². The quantitative estimate of drug-likeness (QED) is 0.753. The van der Waals surface area contributed by atoms with Crippen molar-refractivity contribution in [3.8, 4) is 0 Å². The fraction of sp³-hybridized carbons (Fsp3) is 0.455. The first-order valence-electron chi connectivity index (χ1n) is 4.81. The molecule has 1 aliphatic heterocycles. The van der Waals surface area contributed by atoms with Crippen LogP contribution in [0.5, 0.6) is 0 Å². The van der Waals surface area contributed by atoms with Crippen LogP contribution >= 0.6 is 23.5 Å². The predicted octanol–water partition coefficient (Wildman–Crippen LogP) is 3.87. The Morgan fingerprint density at radius 3 is 2.29 bits per heavy atom. The number of halogens is 1. The van der Waals surface area contributed by atoms with Gasteiger partial charge in [-0.1, -0.05) is 19.1 Å². The second-order valence-electron chi connectivity index (χ2n) is 3.31. The maximum atomic E-state index is 12.8. The van der Waals surface area contributed by atoms with Gasteiger partial charge in [0.15, 0.2) is 0 Å². The molecule has 3 heteroatoms. The molecule has 0 N–H and O–H groups in total. The topological polar surface area (TPSA) is 0 Å². The van der Waals surface area contributed by atoms with Crippen LogP contribution in [0.1, 0.15) is 18.9 Å². The van der Waals surface area contributed by atoms with Crippen molar-refractivity contribution in [1.82, 2.24) is 0 Å². The first-order valence-corrected chi connectivity index (χ1v) is 6.78. The smallest absolute Gasteiger partial charge is 0.123 e. The molecule has 0 aromatic heterocycles. The zero-order valence-corrected chi connectivity index (χ0v) is 9.76. The fourth-order valence-corrected chi connectivity index (χ4v) is 4.91. The third kappa shape index (κ3) is 1.80. The average Bonchev–Trinajstić information content (AvgIpc) is 2.68. The van der Waals surface area contributed by atoms with Gasteiger partial charge in [-0.15, -0.1) is 23.5 Å². The molecule has 0 radical (unpaired) electrons. The van der Waals surface area contributed by atoms with Gasteiger partial charge in [-0.2, -0.15) is 0 Å². The SMILES string of the molecule is CCC1(c2ccc(F)cc2)SCCS1. The van der Waals surface area contributed by atoms with Crippen molar-refractivity contribution in [3.05, 3.63) is 35.6 Å². The molecule has 0 aliphatic carbocycles. The molecule has 1 aliphatic rings. The summed E-state index contributed by atoms with van der Waals surface area (Å²) in [4.78, 5) is 0. The van der Waals surface area contributed by atoms with Crippen molar-refractivity contribution >= 4 is 23.5 Å². The average molecular weight is 228 g/mol. The molecule has 1 heterocycles. The van der Waals surface area contributed by atoms with Gasteiger partial charge in [-0.3, -0.25) is 0 Å². The summed E-state index contributed by atoms with van der Waals surface area (Å²) in [5, 5.41) is 0. The van der Waals surface area contributed by atoms with Crippen LogP contribution in [-0.2, 0) is 4.08 Å². The van der Waals surface area contributed by atoms with E-state index in [0.717, 1.165) is 6.42 Å². The van der Waals surface area contributed by atoms with Crippen LogP contribution in [0.2, 0.25) is 0 Å². The van der Waals surface area contributed by atoms with Gasteiger partial charge in [0, 0.05) is 11.5 Å². The van der Waals surface area contributed by atoms with E-state index in [1.165, 1.54) is 17.1 Å². The highest BCUT2D eigenvalue weighted by Gasteiger charge is 2.35. The molecule has 1 fully saturated rings. The predicted molar refractivity (Wildman–Crippen MR) is 63.3 cm³/mol. The third-order valence-electron chi connectivity index (χ3n) is 2.50. The van der Waals surface area contributed by atoms with E-state index in [0.29, 0.717) is 0 Å². The molecule has 0 unspecified atom stereocenters. The van der Waals surface area contributed by atoms with Crippen LogP contribution in [0.25, 0.3) is 0 Å². The Labute approximate surface area is 92.7 Å². The largest absolute Gasteiger partial charge is 0.207 e. The maximum absolute atomic E-state index is 12.8. The van der Waals surface area contributed by atoms with Crippen molar-refractivity contribution < 1.29 is 4.39 Å². The molecule has 0 spiro atoms. The van der Waals surface area contributed by atoms with E-state index in [4.69, 9.17) is 0 Å². The van der Waals surface area contributed by atoms with Gasteiger partial charge in [0.2, 0.25) is 0 Å². The van der Waals surface area contributed by atoms with E-state index in [9.17, 15) is 4.39 Å². The lowest BCUT2D eigenvalue weighted by Crippen LogP contribution is -2.12. The van der Waals surface area contributed by atoms with Gasteiger partial charge in [-0.25, -0.2) is 4.39 Å². The third-order valence-corrected chi connectivity index (χ3v) is 6.27. The number of rotatable bonds is 2. The number of hydrogen-bond donors (Lipinski definition) is 0. The molecule has 1 saturated heterocycles. The van der Waals surface area contributed by atoms with E-state index >= 15 is 0 Å². The molecule has 2 rings (SSSR count). The molecule has 0 atom stereocenters. The van der Waals surface area contributed by atoms with Crippen molar-refractivity contribution in [2.75, 3.05) is 11.5 Å². The van der Waals surface area contributed by atoms with Gasteiger partial charge in [0.1, 0.15) is 5.82 Å². The van der Waals surface area contributed by atoms with Crippen molar-refractivity contribution in [2.45, 2.75) is 17.4 Å². The summed E-state index contributed by atoms with van der Waals surface area (Å²) in [7, 11) is 0. The maximum Gasteiger partial charge on any atom is 0.123 e. The van der Waals surface area contributed by atoms with Crippen molar-refractivity contribution in [3.63, 3.8) is 0 Å². The summed E-state index contributed by atoms with van der Waals surface area (Å²) in [5.74, 6) is 2.26. The van der Waals surface area contributed by atoms with Gasteiger partial charge in [-0.05, 0) is 24.1 Å². The van der Waals surface area contributed by atoms with Crippen molar-refractivity contribution in [2.24, 2.45) is 0 Å². The van der Waals surface area contributed by atoms with Gasteiger partial charge < -0.3 is 0 Å². The van der Waals surface area contributed by atoms with Crippen LogP contribution < -0.4 is 0 Å². The minimum Gasteiger partial charge on any atom is -0.207 e. The zero-order chi connectivity index (χ0) is 10.0. The molecule has 1 aromatic rings. The van der Waals surface area contributed by atoms with E-state index in [1.807, 2.05) is 35.7 Å². The Hall–Kier alpha value is -0.150. The van der Waals surface area contributed by atoms with Gasteiger partial charge >= 0.3 is 0 Å². The Bertz CT molecular complexity index is 302. The number of hydrogen-bond acceptors (Lipinski definition) is 2. The molecule has 0 saturated carbocycles. The summed E-state index contributed by atoms with van der Waals surface area (Å²) in [6, 6.07) is 6.96. The van der Waals surface area contributed by atoms with E-state index < -0.39 is 0 Å². The van der Waals surface area contributed by atoms with E-state index in [-0.39, 0.29) is 9.90 Å². The molecule has 0 amide bonds. The molecule has 0 bridgehead atoms. The molecule has 0 nitrogen and oxygen atoms in total. The second-order valence-corrected chi connectivity index (χ2v) is 6.36. The van der Waals surface area contributed by atoms with Crippen LogP contribution in [0.15, 0.2) is 24.3 Å². The van der Waals surface area contributed by atoms with Crippen LogP contribution in [-0.4, -0.2) is 11.5 Å². The van der Waals surface area contributed by atoms with Crippen LogP contribution in [0.4, 0.5) is 4.39 Å².